The van der Waals surface area contributed by atoms with Gasteiger partial charge in [-0.05, 0) is 70.2 Å². The Hall–Kier alpha value is -3.42. The summed E-state index contributed by atoms with van der Waals surface area (Å²) in [5.41, 5.74) is 14.3. The van der Waals surface area contributed by atoms with Crippen molar-refractivity contribution < 1.29 is 0 Å². The zero-order valence-electron chi connectivity index (χ0n) is 18.5. The van der Waals surface area contributed by atoms with Crippen molar-refractivity contribution >= 4 is 11.3 Å². The summed E-state index contributed by atoms with van der Waals surface area (Å²) in [6.07, 6.45) is 4.33. The van der Waals surface area contributed by atoms with Crippen LogP contribution >= 0.6 is 11.3 Å². The molecule has 0 fully saturated rings. The van der Waals surface area contributed by atoms with Crippen molar-refractivity contribution in [2.45, 2.75) is 25.7 Å². The molecular formula is C32H24S. The van der Waals surface area contributed by atoms with Gasteiger partial charge in [0.15, 0.2) is 0 Å². The van der Waals surface area contributed by atoms with Crippen molar-refractivity contribution in [3.05, 3.63) is 119 Å². The van der Waals surface area contributed by atoms with E-state index in [-0.39, 0.29) is 0 Å². The summed E-state index contributed by atoms with van der Waals surface area (Å²) in [5.74, 6) is 0. The average Bonchev–Trinajstić information content (AvgIpc) is 3.24. The number of benzene rings is 4. The van der Waals surface area contributed by atoms with E-state index < -0.39 is 0 Å². The van der Waals surface area contributed by atoms with Crippen molar-refractivity contribution in [2.24, 2.45) is 0 Å². The molecule has 0 aliphatic heterocycles. The molecule has 0 atom stereocenters. The number of aryl methyl sites for hydroxylation is 4. The molecule has 0 bridgehead atoms. The van der Waals surface area contributed by atoms with Crippen molar-refractivity contribution in [3.63, 3.8) is 0 Å². The first-order chi connectivity index (χ1) is 16.4. The molecule has 1 aromatic heterocycles. The van der Waals surface area contributed by atoms with Gasteiger partial charge in [-0.15, -0.1) is 11.3 Å². The summed E-state index contributed by atoms with van der Waals surface area (Å²) in [4.78, 5) is 2.85. The molecule has 2 aliphatic carbocycles. The first-order valence-corrected chi connectivity index (χ1v) is 12.7. The third-order valence-corrected chi connectivity index (χ3v) is 8.59. The normalized spacial score (nSPS) is 13.6. The Morgan fingerprint density at radius 3 is 1.06 bits per heavy atom. The smallest absolute Gasteiger partial charge is 0.0437 e. The Labute approximate surface area is 199 Å². The molecule has 0 unspecified atom stereocenters. The zero-order valence-corrected chi connectivity index (χ0v) is 19.3. The topological polar surface area (TPSA) is 0 Å². The number of rotatable bonds is 0. The molecule has 0 spiro atoms. The maximum atomic E-state index is 2.35. The van der Waals surface area contributed by atoms with E-state index in [9.17, 15) is 0 Å². The molecule has 1 heteroatoms. The van der Waals surface area contributed by atoms with Crippen LogP contribution in [0.15, 0.2) is 97.1 Å². The monoisotopic (exact) mass is 440 g/mol. The molecule has 158 valence electrons. The van der Waals surface area contributed by atoms with E-state index in [4.69, 9.17) is 0 Å². The Bertz CT molecular complexity index is 1400. The minimum absolute atomic E-state index is 1.08. The lowest BCUT2D eigenvalue weighted by Gasteiger charge is -2.21. The Kier molecular flexibility index (Phi) is 4.38. The highest BCUT2D eigenvalue weighted by atomic mass is 32.1. The van der Waals surface area contributed by atoms with Gasteiger partial charge < -0.3 is 0 Å². The molecule has 4 aromatic carbocycles. The van der Waals surface area contributed by atoms with Crippen molar-refractivity contribution in [2.75, 3.05) is 0 Å². The Morgan fingerprint density at radius 1 is 0.364 bits per heavy atom. The first kappa shape index (κ1) is 19.1. The molecular weight excluding hydrogens is 416 g/mol. The number of thiophene rings is 1. The van der Waals surface area contributed by atoms with Crippen LogP contribution in [0.4, 0.5) is 0 Å². The van der Waals surface area contributed by atoms with E-state index in [1.807, 2.05) is 11.3 Å². The van der Waals surface area contributed by atoms with Crippen LogP contribution in [0.3, 0.4) is 0 Å². The molecule has 0 nitrogen and oxygen atoms in total. The molecule has 5 aromatic rings. The van der Waals surface area contributed by atoms with E-state index in [2.05, 4.69) is 97.1 Å². The van der Waals surface area contributed by atoms with Crippen LogP contribution in [0.5, 0.6) is 0 Å². The number of fused-ring (bicyclic) bond motifs is 11. The summed E-state index contributed by atoms with van der Waals surface area (Å²) < 4.78 is 0. The largest absolute Gasteiger partial charge is 0.134 e. The second kappa shape index (κ2) is 7.57. The summed E-state index contributed by atoms with van der Waals surface area (Å²) in [6.45, 7) is 0. The quantitative estimate of drug-likeness (QED) is 0.226. The van der Waals surface area contributed by atoms with E-state index in [1.165, 1.54) is 65.4 Å². The van der Waals surface area contributed by atoms with Crippen LogP contribution in [0.1, 0.15) is 22.3 Å². The molecule has 1 heterocycles. The number of hydrogen-bond donors (Lipinski definition) is 0. The molecule has 2 aliphatic rings. The fourth-order valence-electron chi connectivity index (χ4n) is 5.75. The maximum absolute atomic E-state index is 2.35. The third-order valence-electron chi connectivity index (χ3n) is 7.33. The first-order valence-electron chi connectivity index (χ1n) is 11.9. The van der Waals surface area contributed by atoms with Crippen LogP contribution < -0.4 is 0 Å². The molecule has 0 amide bonds. The van der Waals surface area contributed by atoms with Gasteiger partial charge in [0.2, 0.25) is 0 Å². The fourth-order valence-corrected chi connectivity index (χ4v) is 7.20. The van der Waals surface area contributed by atoms with Crippen molar-refractivity contribution in [3.8, 4) is 43.1 Å². The van der Waals surface area contributed by atoms with E-state index in [1.54, 1.807) is 0 Å². The summed E-state index contributed by atoms with van der Waals surface area (Å²) in [6, 6.07) is 36.3. The van der Waals surface area contributed by atoms with E-state index in [0.717, 1.165) is 25.7 Å². The molecule has 7 rings (SSSR count). The Morgan fingerprint density at radius 2 is 0.667 bits per heavy atom. The lowest BCUT2D eigenvalue weighted by Crippen LogP contribution is -2.03. The van der Waals surface area contributed by atoms with E-state index in [0.29, 0.717) is 0 Å². The number of hydrogen-bond acceptors (Lipinski definition) is 1. The van der Waals surface area contributed by atoms with Gasteiger partial charge in [0.25, 0.3) is 0 Å². The molecule has 33 heavy (non-hydrogen) atoms. The average molecular weight is 441 g/mol. The van der Waals surface area contributed by atoms with Crippen LogP contribution in [0.2, 0.25) is 0 Å². The van der Waals surface area contributed by atoms with E-state index >= 15 is 0 Å². The van der Waals surface area contributed by atoms with Crippen LogP contribution in [0.25, 0.3) is 43.1 Å². The van der Waals surface area contributed by atoms with Gasteiger partial charge >= 0.3 is 0 Å². The van der Waals surface area contributed by atoms with Crippen LogP contribution in [0, 0.1) is 0 Å². The summed E-state index contributed by atoms with van der Waals surface area (Å²) in [7, 11) is 0. The highest BCUT2D eigenvalue weighted by molar-refractivity contribution is 7.20. The molecule has 0 saturated heterocycles. The summed E-state index contributed by atoms with van der Waals surface area (Å²) >= 11 is 2.00. The maximum Gasteiger partial charge on any atom is 0.0437 e. The van der Waals surface area contributed by atoms with Gasteiger partial charge in [-0.2, -0.15) is 0 Å². The van der Waals surface area contributed by atoms with Gasteiger partial charge in [0, 0.05) is 20.9 Å². The van der Waals surface area contributed by atoms with Crippen molar-refractivity contribution in [1.82, 2.24) is 0 Å². The SMILES string of the molecule is c1ccc2c(c1)CCc1ccccc1-c1c-2sc2c1-c1ccccc1CCc1ccccc1-2. The van der Waals surface area contributed by atoms with Gasteiger partial charge in [0.1, 0.15) is 0 Å². The minimum atomic E-state index is 1.08. The van der Waals surface area contributed by atoms with Crippen molar-refractivity contribution in [1.29, 1.82) is 0 Å². The third kappa shape index (κ3) is 2.96. The van der Waals surface area contributed by atoms with Crippen LogP contribution in [-0.4, -0.2) is 0 Å². The van der Waals surface area contributed by atoms with Gasteiger partial charge in [0.05, 0.1) is 0 Å². The second-order valence-corrected chi connectivity index (χ2v) is 10.2. The molecule has 0 radical (unpaired) electrons. The van der Waals surface area contributed by atoms with Gasteiger partial charge in [-0.1, -0.05) is 97.1 Å². The lowest BCUT2D eigenvalue weighted by atomic mass is 9.81. The summed E-state index contributed by atoms with van der Waals surface area (Å²) in [5, 5.41) is 0. The molecule has 0 saturated carbocycles. The Balaban J connectivity index is 1.68. The standard InChI is InChI=1S/C32H24S/c1-5-13-25-21(9-1)17-19-23-11-3-7-15-27(23)31-29(25)30-26-14-6-2-10-22(26)18-20-24-12-4-8-16-28(24)32(30)33-31/h1-16H,17-20H2. The zero-order chi connectivity index (χ0) is 21.8. The minimum Gasteiger partial charge on any atom is -0.134 e. The second-order valence-electron chi connectivity index (χ2n) is 9.14. The van der Waals surface area contributed by atoms with Crippen LogP contribution in [-0.2, 0) is 25.7 Å². The van der Waals surface area contributed by atoms with Gasteiger partial charge in [-0.3, -0.25) is 0 Å². The highest BCUT2D eigenvalue weighted by Gasteiger charge is 2.29. The predicted molar refractivity (Wildman–Crippen MR) is 141 cm³/mol. The fraction of sp³-hybridized carbons (Fsp3) is 0.125. The molecule has 0 N–H and O–H groups in total. The van der Waals surface area contributed by atoms with Gasteiger partial charge in [-0.25, -0.2) is 0 Å². The highest BCUT2D eigenvalue weighted by Crippen LogP contribution is 2.55. The lowest BCUT2D eigenvalue weighted by molar-refractivity contribution is 0.959. The predicted octanol–water partition coefficient (Wildman–Crippen LogP) is 8.61.